The van der Waals surface area contributed by atoms with E-state index in [0.717, 1.165) is 11.8 Å². The van der Waals surface area contributed by atoms with Crippen molar-refractivity contribution in [1.29, 1.82) is 0 Å². The molecule has 1 N–H and O–H groups in total. The highest BCUT2D eigenvalue weighted by Gasteiger charge is 2.26. The number of nitrogens with zero attached hydrogens (tertiary/aromatic N) is 2. The van der Waals surface area contributed by atoms with Crippen molar-refractivity contribution in [2.24, 2.45) is 7.05 Å². The van der Waals surface area contributed by atoms with Gasteiger partial charge in [-0.05, 0) is 11.0 Å². The van der Waals surface area contributed by atoms with Crippen LogP contribution < -0.4 is 4.72 Å². The van der Waals surface area contributed by atoms with Gasteiger partial charge >= 0.3 is 0 Å². The molecule has 5 nitrogen and oxygen atoms in total. The number of aromatic nitrogens is 2. The van der Waals surface area contributed by atoms with Gasteiger partial charge in [0, 0.05) is 12.6 Å². The molecule has 0 radical (unpaired) electrons. The Kier molecular flexibility index (Phi) is 3.93. The Bertz CT molecular complexity index is 821. The maximum absolute atomic E-state index is 13.3. The van der Waals surface area contributed by atoms with Crippen LogP contribution in [0.1, 0.15) is 38.3 Å². The molecule has 1 aromatic heterocycles. The van der Waals surface area contributed by atoms with Crippen LogP contribution in [0.15, 0.2) is 12.1 Å². The zero-order valence-electron chi connectivity index (χ0n) is 13.1. The van der Waals surface area contributed by atoms with E-state index in [1.807, 2.05) is 20.8 Å². The molecule has 22 heavy (non-hydrogen) atoms. The number of anilines is 1. The second kappa shape index (κ2) is 5.19. The number of halogens is 2. The van der Waals surface area contributed by atoms with Crippen molar-refractivity contribution < 1.29 is 17.2 Å². The Balaban J connectivity index is 2.90. The summed E-state index contributed by atoms with van der Waals surface area (Å²) in [5.41, 5.74) is 0.803. The van der Waals surface area contributed by atoms with E-state index in [-0.39, 0.29) is 22.2 Å². The molecule has 0 saturated carbocycles. The molecule has 2 rings (SSSR count). The van der Waals surface area contributed by atoms with Crippen molar-refractivity contribution in [3.63, 3.8) is 0 Å². The third kappa shape index (κ3) is 3.06. The van der Waals surface area contributed by atoms with Crippen molar-refractivity contribution in [3.8, 4) is 0 Å². The summed E-state index contributed by atoms with van der Waals surface area (Å²) < 4.78 is 53.3. The maximum atomic E-state index is 13.3. The Hall–Kier alpha value is -1.70. The molecule has 0 amide bonds. The minimum Gasteiger partial charge on any atom is -0.266 e. The lowest BCUT2D eigenvalue weighted by Gasteiger charge is -2.21. The summed E-state index contributed by atoms with van der Waals surface area (Å²) in [7, 11) is -2.01. The topological polar surface area (TPSA) is 64.0 Å². The van der Waals surface area contributed by atoms with Crippen LogP contribution in [0.5, 0.6) is 0 Å². The van der Waals surface area contributed by atoms with Gasteiger partial charge in [-0.1, -0.05) is 32.9 Å². The normalized spacial score (nSPS) is 13.1. The zero-order chi connectivity index (χ0) is 16.9. The summed E-state index contributed by atoms with van der Waals surface area (Å²) in [5, 5.41) is 4.23. The van der Waals surface area contributed by atoms with E-state index in [0.29, 0.717) is 5.52 Å². The van der Waals surface area contributed by atoms with Gasteiger partial charge in [0.25, 0.3) is 6.43 Å². The van der Waals surface area contributed by atoms with E-state index in [4.69, 9.17) is 0 Å². The molecule has 2 aromatic rings. The molecule has 0 fully saturated rings. The van der Waals surface area contributed by atoms with Crippen LogP contribution >= 0.6 is 0 Å². The summed E-state index contributed by atoms with van der Waals surface area (Å²) >= 11 is 0. The fraction of sp³-hybridized carbons (Fsp3) is 0.500. The van der Waals surface area contributed by atoms with Crippen LogP contribution in [-0.2, 0) is 22.5 Å². The van der Waals surface area contributed by atoms with Crippen molar-refractivity contribution >= 4 is 26.7 Å². The Morgan fingerprint density at radius 1 is 1.27 bits per heavy atom. The standard InChI is InChI=1S/C14H19F2N3O2S/c1-14(2,3)9-7-6-8(12(15)16)10-11(9)19(4)17-13(10)18-22(5,20)21/h6-7,12H,1-5H3,(H,17,18). The SMILES string of the molecule is Cn1nc(NS(C)(=O)=O)c2c(C(F)F)ccc(C(C)(C)C)c21. The van der Waals surface area contributed by atoms with Crippen LogP contribution in [-0.4, -0.2) is 24.5 Å². The molecule has 1 aromatic carbocycles. The number of hydrogen-bond acceptors (Lipinski definition) is 3. The lowest BCUT2D eigenvalue weighted by molar-refractivity contribution is 0.153. The van der Waals surface area contributed by atoms with Crippen molar-refractivity contribution in [2.45, 2.75) is 32.6 Å². The lowest BCUT2D eigenvalue weighted by atomic mass is 9.85. The van der Waals surface area contributed by atoms with Crippen LogP contribution in [0.3, 0.4) is 0 Å². The van der Waals surface area contributed by atoms with Crippen LogP contribution in [0, 0.1) is 0 Å². The average molecular weight is 331 g/mol. The Morgan fingerprint density at radius 3 is 2.32 bits per heavy atom. The zero-order valence-corrected chi connectivity index (χ0v) is 13.9. The van der Waals surface area contributed by atoms with E-state index in [9.17, 15) is 17.2 Å². The number of sulfonamides is 1. The summed E-state index contributed by atoms with van der Waals surface area (Å²) in [4.78, 5) is 0. The van der Waals surface area contributed by atoms with Crippen LogP contribution in [0.4, 0.5) is 14.6 Å². The third-order valence-corrected chi connectivity index (χ3v) is 3.91. The van der Waals surface area contributed by atoms with E-state index in [1.54, 1.807) is 13.1 Å². The second-order valence-electron chi connectivity index (χ2n) is 6.32. The highest BCUT2D eigenvalue weighted by Crippen LogP contribution is 2.38. The number of aryl methyl sites for hydroxylation is 1. The Labute approximate surface area is 128 Å². The van der Waals surface area contributed by atoms with Gasteiger partial charge in [-0.25, -0.2) is 17.2 Å². The highest BCUT2D eigenvalue weighted by atomic mass is 32.2. The van der Waals surface area contributed by atoms with Crippen LogP contribution in [0.2, 0.25) is 0 Å². The van der Waals surface area contributed by atoms with E-state index >= 15 is 0 Å². The van der Waals surface area contributed by atoms with E-state index in [1.165, 1.54) is 10.7 Å². The predicted octanol–water partition coefficient (Wildman–Crippen LogP) is 3.18. The van der Waals surface area contributed by atoms with Gasteiger partial charge in [0.05, 0.1) is 17.2 Å². The van der Waals surface area contributed by atoms with Crippen molar-refractivity contribution in [2.75, 3.05) is 11.0 Å². The first-order valence-electron chi connectivity index (χ1n) is 6.68. The number of benzene rings is 1. The number of alkyl halides is 2. The van der Waals surface area contributed by atoms with Gasteiger partial charge in [-0.15, -0.1) is 0 Å². The summed E-state index contributed by atoms with van der Waals surface area (Å²) in [5.74, 6) is -0.0681. The molecule has 0 aliphatic carbocycles. The molecular formula is C14H19F2N3O2S. The molecule has 0 aliphatic rings. The number of nitrogens with one attached hydrogen (secondary N) is 1. The molecule has 0 bridgehead atoms. The first-order chi connectivity index (χ1) is 9.92. The minimum absolute atomic E-state index is 0.0681. The van der Waals surface area contributed by atoms with Gasteiger partial charge in [-0.2, -0.15) is 5.10 Å². The second-order valence-corrected chi connectivity index (χ2v) is 8.07. The van der Waals surface area contributed by atoms with Crippen LogP contribution in [0.25, 0.3) is 10.9 Å². The molecular weight excluding hydrogens is 312 g/mol. The van der Waals surface area contributed by atoms with E-state index < -0.39 is 16.4 Å². The summed E-state index contributed by atoms with van der Waals surface area (Å²) in [6.45, 7) is 5.88. The average Bonchev–Trinajstić information content (AvgIpc) is 2.62. The maximum Gasteiger partial charge on any atom is 0.264 e. The third-order valence-electron chi connectivity index (χ3n) is 3.35. The van der Waals surface area contributed by atoms with Gasteiger partial charge in [0.1, 0.15) is 0 Å². The molecule has 0 atom stereocenters. The first kappa shape index (κ1) is 16.7. The fourth-order valence-corrected chi connectivity index (χ4v) is 2.97. The van der Waals surface area contributed by atoms with Crippen molar-refractivity contribution in [3.05, 3.63) is 23.3 Å². The highest BCUT2D eigenvalue weighted by molar-refractivity contribution is 7.92. The number of rotatable bonds is 3. The van der Waals surface area contributed by atoms with Gasteiger partial charge in [0.2, 0.25) is 10.0 Å². The molecule has 0 saturated heterocycles. The molecule has 8 heteroatoms. The molecule has 0 aliphatic heterocycles. The monoisotopic (exact) mass is 331 g/mol. The van der Waals surface area contributed by atoms with Crippen molar-refractivity contribution in [1.82, 2.24) is 9.78 Å². The molecule has 0 unspecified atom stereocenters. The Morgan fingerprint density at radius 2 is 1.86 bits per heavy atom. The van der Waals surface area contributed by atoms with E-state index in [2.05, 4.69) is 9.82 Å². The molecule has 122 valence electrons. The minimum atomic E-state index is -3.62. The first-order valence-corrected chi connectivity index (χ1v) is 8.57. The van der Waals surface area contributed by atoms with Gasteiger partial charge in [0.15, 0.2) is 5.82 Å². The largest absolute Gasteiger partial charge is 0.266 e. The fourth-order valence-electron chi connectivity index (χ4n) is 2.48. The number of fused-ring (bicyclic) bond motifs is 1. The predicted molar refractivity (Wildman–Crippen MR) is 82.8 cm³/mol. The quantitative estimate of drug-likeness (QED) is 0.939. The molecule has 1 heterocycles. The molecule has 0 spiro atoms. The lowest BCUT2D eigenvalue weighted by Crippen LogP contribution is -2.13. The summed E-state index contributed by atoms with van der Waals surface area (Å²) in [6.07, 6.45) is -1.76. The van der Waals surface area contributed by atoms with Gasteiger partial charge in [-0.3, -0.25) is 9.40 Å². The summed E-state index contributed by atoms with van der Waals surface area (Å²) in [6, 6.07) is 2.98. The van der Waals surface area contributed by atoms with Gasteiger partial charge < -0.3 is 0 Å². The number of hydrogen-bond donors (Lipinski definition) is 1. The smallest absolute Gasteiger partial charge is 0.264 e.